The van der Waals surface area contributed by atoms with Crippen LogP contribution in [-0.2, 0) is 11.3 Å². The number of pyridine rings is 1. The number of aromatic nitrogens is 2. The summed E-state index contributed by atoms with van der Waals surface area (Å²) in [5.41, 5.74) is 1.79. The van der Waals surface area contributed by atoms with Crippen LogP contribution < -0.4 is 0 Å². The first-order valence-electron chi connectivity index (χ1n) is 6.20. The van der Waals surface area contributed by atoms with Crippen molar-refractivity contribution in [3.63, 3.8) is 0 Å². The number of carbonyl (C=O) groups is 1. The molecule has 0 aromatic carbocycles. The number of rotatable bonds is 3. The van der Waals surface area contributed by atoms with Crippen LogP contribution in [-0.4, -0.2) is 38.4 Å². The van der Waals surface area contributed by atoms with E-state index < -0.39 is 5.97 Å². The van der Waals surface area contributed by atoms with E-state index >= 15 is 0 Å². The van der Waals surface area contributed by atoms with Crippen LogP contribution in [0.2, 0.25) is 5.02 Å². The molecule has 3 heterocycles. The summed E-state index contributed by atoms with van der Waals surface area (Å²) in [6, 6.07) is 3.68. The van der Waals surface area contributed by atoms with Crippen LogP contribution in [0.1, 0.15) is 12.1 Å². The van der Waals surface area contributed by atoms with Crippen LogP contribution >= 0.6 is 11.6 Å². The van der Waals surface area contributed by atoms with Gasteiger partial charge in [0.15, 0.2) is 0 Å². The standard InChI is InChI=1S/C13H14ClN3O2/c14-10-1-2-12-15-11(8-17(12)6-10)7-16-4-3-9(5-16)13(18)19/h1-2,6,8-9H,3-5,7H2,(H,18,19). The Morgan fingerprint density at radius 1 is 1.47 bits per heavy atom. The van der Waals surface area contributed by atoms with Crippen molar-refractivity contribution in [3.8, 4) is 0 Å². The van der Waals surface area contributed by atoms with Crippen molar-refractivity contribution >= 4 is 23.2 Å². The Morgan fingerprint density at radius 3 is 3.05 bits per heavy atom. The third-order valence-electron chi connectivity index (χ3n) is 3.47. The van der Waals surface area contributed by atoms with Crippen molar-refractivity contribution in [1.82, 2.24) is 14.3 Å². The van der Waals surface area contributed by atoms with E-state index in [2.05, 4.69) is 9.88 Å². The van der Waals surface area contributed by atoms with E-state index in [-0.39, 0.29) is 5.92 Å². The summed E-state index contributed by atoms with van der Waals surface area (Å²) >= 11 is 5.93. The number of hydrogen-bond donors (Lipinski definition) is 1. The zero-order valence-electron chi connectivity index (χ0n) is 10.3. The number of imidazole rings is 1. The Bertz CT molecular complexity index is 625. The van der Waals surface area contributed by atoms with Crippen molar-refractivity contribution in [1.29, 1.82) is 0 Å². The maximum atomic E-state index is 10.9. The van der Waals surface area contributed by atoms with Crippen molar-refractivity contribution < 1.29 is 9.90 Å². The molecule has 1 aliphatic heterocycles. The van der Waals surface area contributed by atoms with Crippen molar-refractivity contribution in [2.45, 2.75) is 13.0 Å². The van der Waals surface area contributed by atoms with E-state index in [1.807, 2.05) is 28.9 Å². The van der Waals surface area contributed by atoms with Crippen LogP contribution in [0, 0.1) is 5.92 Å². The van der Waals surface area contributed by atoms with Gasteiger partial charge in [-0.05, 0) is 25.1 Å². The second kappa shape index (κ2) is 4.83. The quantitative estimate of drug-likeness (QED) is 0.932. The van der Waals surface area contributed by atoms with Gasteiger partial charge in [-0.1, -0.05) is 11.6 Å². The normalized spacial score (nSPS) is 20.2. The molecule has 5 nitrogen and oxygen atoms in total. The fraction of sp³-hybridized carbons (Fsp3) is 0.385. The highest BCUT2D eigenvalue weighted by Gasteiger charge is 2.28. The average molecular weight is 280 g/mol. The molecule has 0 aliphatic carbocycles. The zero-order chi connectivity index (χ0) is 13.4. The molecule has 0 radical (unpaired) electrons. The van der Waals surface area contributed by atoms with Gasteiger partial charge in [0.25, 0.3) is 0 Å². The summed E-state index contributed by atoms with van der Waals surface area (Å²) in [6.07, 6.45) is 4.47. The Morgan fingerprint density at radius 2 is 2.32 bits per heavy atom. The highest BCUT2D eigenvalue weighted by Crippen LogP contribution is 2.19. The number of aliphatic carboxylic acids is 1. The SMILES string of the molecule is O=C(O)C1CCN(Cc2cn3cc(Cl)ccc3n2)C1. The first-order chi connectivity index (χ1) is 9.11. The average Bonchev–Trinajstić information content (AvgIpc) is 2.95. The molecule has 0 bridgehead atoms. The predicted octanol–water partition coefficient (Wildman–Crippen LogP) is 1.89. The number of halogens is 1. The third-order valence-corrected chi connectivity index (χ3v) is 3.70. The zero-order valence-corrected chi connectivity index (χ0v) is 11.0. The molecule has 1 saturated heterocycles. The number of hydrogen-bond acceptors (Lipinski definition) is 3. The minimum Gasteiger partial charge on any atom is -0.481 e. The molecule has 1 N–H and O–H groups in total. The van der Waals surface area contributed by atoms with Crippen LogP contribution in [0.3, 0.4) is 0 Å². The van der Waals surface area contributed by atoms with Crippen LogP contribution in [0.15, 0.2) is 24.5 Å². The van der Waals surface area contributed by atoms with Gasteiger partial charge in [0.05, 0.1) is 16.6 Å². The Kier molecular flexibility index (Phi) is 3.16. The predicted molar refractivity (Wildman–Crippen MR) is 71.2 cm³/mol. The highest BCUT2D eigenvalue weighted by atomic mass is 35.5. The number of fused-ring (bicyclic) bond motifs is 1. The molecule has 3 rings (SSSR count). The van der Waals surface area contributed by atoms with Crippen molar-refractivity contribution in [2.24, 2.45) is 5.92 Å². The minimum atomic E-state index is -0.704. The lowest BCUT2D eigenvalue weighted by Crippen LogP contribution is -2.22. The maximum Gasteiger partial charge on any atom is 0.307 e. The first-order valence-corrected chi connectivity index (χ1v) is 6.58. The lowest BCUT2D eigenvalue weighted by molar-refractivity contribution is -0.141. The van der Waals surface area contributed by atoms with Gasteiger partial charge in [-0.2, -0.15) is 0 Å². The summed E-state index contributed by atoms with van der Waals surface area (Å²) in [4.78, 5) is 17.5. The summed E-state index contributed by atoms with van der Waals surface area (Å²) in [7, 11) is 0. The Hall–Kier alpha value is -1.59. The number of carboxylic acids is 1. The molecular formula is C13H14ClN3O2. The molecular weight excluding hydrogens is 266 g/mol. The van der Waals surface area contributed by atoms with Crippen LogP contribution in [0.25, 0.3) is 5.65 Å². The molecule has 0 saturated carbocycles. The number of likely N-dealkylation sites (tertiary alicyclic amines) is 1. The summed E-state index contributed by atoms with van der Waals surface area (Å²) < 4.78 is 1.89. The smallest absolute Gasteiger partial charge is 0.307 e. The lowest BCUT2D eigenvalue weighted by atomic mass is 10.1. The molecule has 100 valence electrons. The van der Waals surface area contributed by atoms with Gasteiger partial charge in [-0.25, -0.2) is 4.98 Å². The Labute approximate surface area is 115 Å². The molecule has 2 aromatic rings. The second-order valence-electron chi connectivity index (χ2n) is 4.90. The summed E-state index contributed by atoms with van der Waals surface area (Å²) in [5.74, 6) is -0.948. The molecule has 0 spiro atoms. The largest absolute Gasteiger partial charge is 0.481 e. The van der Waals surface area contributed by atoms with Gasteiger partial charge in [0.2, 0.25) is 0 Å². The molecule has 1 unspecified atom stereocenters. The third kappa shape index (κ3) is 2.57. The van der Waals surface area contributed by atoms with E-state index in [9.17, 15) is 4.79 Å². The minimum absolute atomic E-state index is 0.244. The van der Waals surface area contributed by atoms with E-state index in [1.165, 1.54) is 0 Å². The second-order valence-corrected chi connectivity index (χ2v) is 5.34. The molecule has 1 fully saturated rings. The summed E-state index contributed by atoms with van der Waals surface area (Å²) in [6.45, 7) is 2.10. The first kappa shape index (κ1) is 12.4. The van der Waals surface area contributed by atoms with E-state index in [0.29, 0.717) is 24.5 Å². The fourth-order valence-corrected chi connectivity index (χ4v) is 2.67. The Balaban J connectivity index is 1.73. The molecule has 19 heavy (non-hydrogen) atoms. The van der Waals surface area contributed by atoms with Crippen LogP contribution in [0.5, 0.6) is 0 Å². The van der Waals surface area contributed by atoms with Gasteiger partial charge in [0.1, 0.15) is 5.65 Å². The molecule has 1 atom stereocenters. The van der Waals surface area contributed by atoms with Gasteiger partial charge in [-0.3, -0.25) is 9.69 Å². The summed E-state index contributed by atoms with van der Waals surface area (Å²) in [5, 5.41) is 9.65. The molecule has 2 aromatic heterocycles. The number of nitrogens with zero attached hydrogens (tertiary/aromatic N) is 3. The highest BCUT2D eigenvalue weighted by molar-refractivity contribution is 6.30. The number of carboxylic acid groups (broad SMARTS) is 1. The van der Waals surface area contributed by atoms with E-state index in [0.717, 1.165) is 17.9 Å². The van der Waals surface area contributed by atoms with E-state index in [1.54, 1.807) is 0 Å². The van der Waals surface area contributed by atoms with Gasteiger partial charge >= 0.3 is 5.97 Å². The van der Waals surface area contributed by atoms with Crippen molar-refractivity contribution in [2.75, 3.05) is 13.1 Å². The van der Waals surface area contributed by atoms with Crippen molar-refractivity contribution in [3.05, 3.63) is 35.2 Å². The fourth-order valence-electron chi connectivity index (χ4n) is 2.50. The lowest BCUT2D eigenvalue weighted by Gasteiger charge is -2.12. The van der Waals surface area contributed by atoms with Gasteiger partial charge in [0, 0.05) is 25.5 Å². The molecule has 6 heteroatoms. The molecule has 1 aliphatic rings. The topological polar surface area (TPSA) is 57.8 Å². The van der Waals surface area contributed by atoms with Gasteiger partial charge < -0.3 is 9.51 Å². The van der Waals surface area contributed by atoms with Crippen LogP contribution in [0.4, 0.5) is 0 Å². The monoisotopic (exact) mass is 279 g/mol. The van der Waals surface area contributed by atoms with Gasteiger partial charge in [-0.15, -0.1) is 0 Å². The maximum absolute atomic E-state index is 10.9. The molecule has 0 amide bonds. The van der Waals surface area contributed by atoms with E-state index in [4.69, 9.17) is 16.7 Å².